The molecule has 0 bridgehead atoms. The summed E-state index contributed by atoms with van der Waals surface area (Å²) in [5.41, 5.74) is 1.76. The van der Waals surface area contributed by atoms with Crippen LogP contribution in [0.5, 0.6) is 5.75 Å². The van der Waals surface area contributed by atoms with E-state index < -0.39 is 5.97 Å². The zero-order chi connectivity index (χ0) is 15.7. The molecular weight excluding hydrogens is 285 g/mol. The molecule has 0 saturated carbocycles. The maximum absolute atomic E-state index is 13.3. The number of carboxylic acid groups (broad SMARTS) is 1. The highest BCUT2D eigenvalue weighted by atomic mass is 19.1. The van der Waals surface area contributed by atoms with Crippen molar-refractivity contribution >= 4 is 16.9 Å². The van der Waals surface area contributed by atoms with E-state index in [4.69, 9.17) is 4.74 Å². The van der Waals surface area contributed by atoms with Crippen molar-refractivity contribution in [2.75, 3.05) is 7.11 Å². The summed E-state index contributed by atoms with van der Waals surface area (Å²) in [6.07, 6.45) is 0. The Morgan fingerprint density at radius 3 is 2.55 bits per heavy atom. The molecule has 2 aromatic carbocycles. The lowest BCUT2D eigenvalue weighted by atomic mass is 10.2. The minimum Gasteiger partial charge on any atom is -0.497 e. The molecule has 0 aliphatic carbocycles. The van der Waals surface area contributed by atoms with Crippen LogP contribution in [0.15, 0.2) is 48.5 Å². The maximum atomic E-state index is 13.3. The lowest BCUT2D eigenvalue weighted by Gasteiger charge is -2.09. The highest BCUT2D eigenvalue weighted by molar-refractivity contribution is 5.94. The van der Waals surface area contributed by atoms with Crippen LogP contribution < -0.4 is 4.74 Å². The number of nitrogens with zero attached hydrogens (tertiary/aromatic N) is 1. The van der Waals surface area contributed by atoms with Gasteiger partial charge in [0.05, 0.1) is 7.11 Å². The Bertz CT molecular complexity index is 837. The molecular formula is C17H14FNO3. The van der Waals surface area contributed by atoms with Gasteiger partial charge in [-0.1, -0.05) is 12.1 Å². The molecule has 4 nitrogen and oxygen atoms in total. The molecule has 1 heterocycles. The zero-order valence-electron chi connectivity index (χ0n) is 11.9. The van der Waals surface area contributed by atoms with Gasteiger partial charge in [-0.25, -0.2) is 9.18 Å². The third-order valence-electron chi connectivity index (χ3n) is 3.58. The van der Waals surface area contributed by atoms with Crippen molar-refractivity contribution in [1.82, 2.24) is 4.57 Å². The molecule has 0 unspecified atom stereocenters. The number of aromatic carboxylic acids is 1. The molecule has 3 rings (SSSR count). The van der Waals surface area contributed by atoms with Crippen LogP contribution in [0.1, 0.15) is 16.1 Å². The second kappa shape index (κ2) is 5.52. The first kappa shape index (κ1) is 14.1. The van der Waals surface area contributed by atoms with Gasteiger partial charge in [0, 0.05) is 17.4 Å². The Balaban J connectivity index is 2.07. The van der Waals surface area contributed by atoms with E-state index in [0.717, 1.165) is 11.3 Å². The largest absolute Gasteiger partial charge is 0.497 e. The van der Waals surface area contributed by atoms with Crippen molar-refractivity contribution in [2.24, 2.45) is 0 Å². The lowest BCUT2D eigenvalue weighted by molar-refractivity contribution is 0.0686. The van der Waals surface area contributed by atoms with E-state index in [1.54, 1.807) is 17.7 Å². The number of ether oxygens (including phenoxy) is 1. The number of benzene rings is 2. The van der Waals surface area contributed by atoms with Gasteiger partial charge in [0.25, 0.3) is 0 Å². The van der Waals surface area contributed by atoms with Crippen molar-refractivity contribution in [2.45, 2.75) is 6.54 Å². The first-order chi connectivity index (χ1) is 10.6. The Labute approximate surface area is 126 Å². The van der Waals surface area contributed by atoms with E-state index in [-0.39, 0.29) is 11.5 Å². The summed E-state index contributed by atoms with van der Waals surface area (Å²) in [5.74, 6) is -0.683. The van der Waals surface area contributed by atoms with Gasteiger partial charge in [-0.2, -0.15) is 0 Å². The SMILES string of the molecule is COc1ccc(Cn2c(C(=O)O)cc3cc(F)ccc32)cc1. The average molecular weight is 299 g/mol. The highest BCUT2D eigenvalue weighted by Gasteiger charge is 2.15. The molecule has 0 saturated heterocycles. The topological polar surface area (TPSA) is 51.5 Å². The molecule has 1 N–H and O–H groups in total. The number of aromatic nitrogens is 1. The van der Waals surface area contributed by atoms with Crippen LogP contribution in [-0.4, -0.2) is 22.8 Å². The minimum atomic E-state index is -1.04. The molecule has 0 aliphatic heterocycles. The van der Waals surface area contributed by atoms with Crippen LogP contribution in [0.3, 0.4) is 0 Å². The molecule has 0 radical (unpaired) electrons. The fraction of sp³-hybridized carbons (Fsp3) is 0.118. The molecule has 1 aromatic heterocycles. The Morgan fingerprint density at radius 2 is 1.91 bits per heavy atom. The summed E-state index contributed by atoms with van der Waals surface area (Å²) in [5, 5.41) is 9.94. The number of halogens is 1. The summed E-state index contributed by atoms with van der Waals surface area (Å²) in [6, 6.07) is 13.2. The van der Waals surface area contributed by atoms with E-state index in [1.807, 2.05) is 24.3 Å². The summed E-state index contributed by atoms with van der Waals surface area (Å²) in [6.45, 7) is 0.390. The lowest BCUT2D eigenvalue weighted by Crippen LogP contribution is -2.09. The predicted molar refractivity (Wildman–Crippen MR) is 81.0 cm³/mol. The molecule has 0 fully saturated rings. The molecule has 112 valence electrons. The number of carboxylic acids is 1. The molecule has 22 heavy (non-hydrogen) atoms. The van der Waals surface area contributed by atoms with Crippen molar-refractivity contribution in [3.63, 3.8) is 0 Å². The second-order valence-corrected chi connectivity index (χ2v) is 4.97. The maximum Gasteiger partial charge on any atom is 0.352 e. The fourth-order valence-corrected chi connectivity index (χ4v) is 2.50. The molecule has 0 spiro atoms. The molecule has 3 aromatic rings. The van der Waals surface area contributed by atoms with Gasteiger partial charge >= 0.3 is 5.97 Å². The Hall–Kier alpha value is -2.82. The van der Waals surface area contributed by atoms with E-state index in [2.05, 4.69) is 0 Å². The van der Waals surface area contributed by atoms with Gasteiger partial charge in [-0.15, -0.1) is 0 Å². The van der Waals surface area contributed by atoms with Gasteiger partial charge in [0.2, 0.25) is 0 Å². The van der Waals surface area contributed by atoms with Gasteiger partial charge in [-0.05, 0) is 42.0 Å². The van der Waals surface area contributed by atoms with Crippen LogP contribution in [0, 0.1) is 5.82 Å². The van der Waals surface area contributed by atoms with Gasteiger partial charge in [0.15, 0.2) is 0 Å². The number of hydrogen-bond acceptors (Lipinski definition) is 2. The molecule has 0 atom stereocenters. The monoisotopic (exact) mass is 299 g/mol. The Kier molecular flexibility index (Phi) is 3.55. The van der Waals surface area contributed by atoms with Crippen LogP contribution in [0.2, 0.25) is 0 Å². The molecule has 0 amide bonds. The number of carbonyl (C=O) groups is 1. The third kappa shape index (κ3) is 2.53. The zero-order valence-corrected chi connectivity index (χ0v) is 11.9. The van der Waals surface area contributed by atoms with Crippen molar-refractivity contribution < 1.29 is 19.0 Å². The number of hydrogen-bond donors (Lipinski definition) is 1. The molecule has 0 aliphatic rings. The summed E-state index contributed by atoms with van der Waals surface area (Å²) >= 11 is 0. The van der Waals surface area contributed by atoms with E-state index >= 15 is 0 Å². The normalized spacial score (nSPS) is 10.8. The summed E-state index contributed by atoms with van der Waals surface area (Å²) in [4.78, 5) is 11.4. The van der Waals surface area contributed by atoms with Crippen molar-refractivity contribution in [3.8, 4) is 5.75 Å². The first-order valence-corrected chi connectivity index (χ1v) is 6.73. The van der Waals surface area contributed by atoms with Crippen LogP contribution in [0.4, 0.5) is 4.39 Å². The van der Waals surface area contributed by atoms with E-state index in [1.165, 1.54) is 18.2 Å². The fourth-order valence-electron chi connectivity index (χ4n) is 2.50. The number of methoxy groups -OCH3 is 1. The quantitative estimate of drug-likeness (QED) is 0.801. The van der Waals surface area contributed by atoms with Gasteiger partial charge in [-0.3, -0.25) is 0 Å². The van der Waals surface area contributed by atoms with Gasteiger partial charge < -0.3 is 14.4 Å². The van der Waals surface area contributed by atoms with Crippen LogP contribution >= 0.6 is 0 Å². The first-order valence-electron chi connectivity index (χ1n) is 6.73. The van der Waals surface area contributed by atoms with Gasteiger partial charge in [0.1, 0.15) is 17.3 Å². The average Bonchev–Trinajstić information content (AvgIpc) is 2.86. The second-order valence-electron chi connectivity index (χ2n) is 4.97. The van der Waals surface area contributed by atoms with E-state index in [0.29, 0.717) is 17.4 Å². The summed E-state index contributed by atoms with van der Waals surface area (Å²) in [7, 11) is 1.59. The Morgan fingerprint density at radius 1 is 1.18 bits per heavy atom. The summed E-state index contributed by atoms with van der Waals surface area (Å²) < 4.78 is 20.1. The smallest absolute Gasteiger partial charge is 0.352 e. The van der Waals surface area contributed by atoms with Crippen LogP contribution in [0.25, 0.3) is 10.9 Å². The van der Waals surface area contributed by atoms with Crippen LogP contribution in [-0.2, 0) is 6.54 Å². The molecule has 5 heteroatoms. The standard InChI is InChI=1S/C17H14FNO3/c1-22-14-5-2-11(3-6-14)10-19-15-7-4-13(18)8-12(15)9-16(19)17(20)21/h2-9H,10H2,1H3,(H,20,21). The number of rotatable bonds is 4. The minimum absolute atomic E-state index is 0.136. The van der Waals surface area contributed by atoms with Crippen molar-refractivity contribution in [1.29, 1.82) is 0 Å². The number of fused-ring (bicyclic) bond motifs is 1. The third-order valence-corrected chi connectivity index (χ3v) is 3.58. The predicted octanol–water partition coefficient (Wildman–Crippen LogP) is 3.54. The van der Waals surface area contributed by atoms with Crippen molar-refractivity contribution in [3.05, 3.63) is 65.6 Å². The van der Waals surface area contributed by atoms with E-state index in [9.17, 15) is 14.3 Å². The highest BCUT2D eigenvalue weighted by Crippen LogP contribution is 2.23.